The molecule has 0 saturated carbocycles. The predicted molar refractivity (Wildman–Crippen MR) is 82.5 cm³/mol. The molecule has 0 amide bonds. The minimum Gasteiger partial charge on any atom is -0.502 e. The molecule has 0 aliphatic heterocycles. The van der Waals surface area contributed by atoms with Crippen molar-refractivity contribution in [1.82, 2.24) is 4.98 Å². The molecule has 0 aliphatic rings. The lowest BCUT2D eigenvalue weighted by Crippen LogP contribution is -1.89. The molecule has 3 rings (SSSR count). The summed E-state index contributed by atoms with van der Waals surface area (Å²) in [7, 11) is 0. The third kappa shape index (κ3) is 2.64. The number of phenols is 1. The first-order valence-electron chi connectivity index (χ1n) is 6.25. The highest BCUT2D eigenvalue weighted by Crippen LogP contribution is 2.30. The Balaban J connectivity index is 2.00. The van der Waals surface area contributed by atoms with Gasteiger partial charge in [0.05, 0.1) is 4.92 Å². The average Bonchev–Trinajstić information content (AvgIpc) is 2.93. The molecule has 0 spiro atoms. The Morgan fingerprint density at radius 3 is 2.82 bits per heavy atom. The SMILES string of the molecule is O=[N+]([O-])c1cc(/C=C(\Cl)c2nc3ccccc3o2)ccc1O. The zero-order valence-electron chi connectivity index (χ0n) is 11.1. The molecule has 0 bridgehead atoms. The zero-order chi connectivity index (χ0) is 15.7. The molecule has 7 heteroatoms. The van der Waals surface area contributed by atoms with Crippen molar-refractivity contribution in [3.8, 4) is 5.75 Å². The number of aromatic hydroxyl groups is 1. The van der Waals surface area contributed by atoms with Gasteiger partial charge in [0.25, 0.3) is 0 Å². The van der Waals surface area contributed by atoms with Crippen molar-refractivity contribution in [2.45, 2.75) is 0 Å². The number of benzene rings is 2. The Morgan fingerprint density at radius 1 is 1.32 bits per heavy atom. The highest BCUT2D eigenvalue weighted by Gasteiger charge is 2.14. The lowest BCUT2D eigenvalue weighted by atomic mass is 10.1. The van der Waals surface area contributed by atoms with E-state index < -0.39 is 16.4 Å². The lowest BCUT2D eigenvalue weighted by Gasteiger charge is -1.98. The number of aromatic nitrogens is 1. The van der Waals surface area contributed by atoms with E-state index in [2.05, 4.69) is 4.98 Å². The maximum atomic E-state index is 10.8. The van der Waals surface area contributed by atoms with Gasteiger partial charge in [-0.2, -0.15) is 0 Å². The quantitative estimate of drug-likeness (QED) is 0.578. The van der Waals surface area contributed by atoms with Gasteiger partial charge in [-0.25, -0.2) is 4.98 Å². The lowest BCUT2D eigenvalue weighted by molar-refractivity contribution is -0.385. The number of oxazole rings is 1. The second kappa shape index (κ2) is 5.50. The molecule has 0 unspecified atom stereocenters. The van der Waals surface area contributed by atoms with Crippen LogP contribution in [-0.4, -0.2) is 15.0 Å². The summed E-state index contributed by atoms with van der Waals surface area (Å²) in [5.41, 5.74) is 1.33. The second-order valence-corrected chi connectivity index (χ2v) is 4.89. The first kappa shape index (κ1) is 14.1. The first-order chi connectivity index (χ1) is 10.5. The molecule has 6 nitrogen and oxygen atoms in total. The van der Waals surface area contributed by atoms with Gasteiger partial charge in [-0.3, -0.25) is 10.1 Å². The molecule has 3 aromatic rings. The van der Waals surface area contributed by atoms with Crippen LogP contribution in [0, 0.1) is 10.1 Å². The molecule has 1 heterocycles. The van der Waals surface area contributed by atoms with Crippen molar-refractivity contribution < 1.29 is 14.4 Å². The monoisotopic (exact) mass is 316 g/mol. The summed E-state index contributed by atoms with van der Waals surface area (Å²) in [6.45, 7) is 0. The molecule has 110 valence electrons. The zero-order valence-corrected chi connectivity index (χ0v) is 11.8. The Bertz CT molecular complexity index is 868. The van der Waals surface area contributed by atoms with Gasteiger partial charge < -0.3 is 9.52 Å². The number of nitro groups is 1. The molecule has 1 aromatic heterocycles. The van der Waals surface area contributed by atoms with Gasteiger partial charge in [0.2, 0.25) is 5.89 Å². The van der Waals surface area contributed by atoms with Gasteiger partial charge in [-0.15, -0.1) is 0 Å². The maximum Gasteiger partial charge on any atom is 0.311 e. The molecular weight excluding hydrogens is 308 g/mol. The van der Waals surface area contributed by atoms with Crippen LogP contribution in [0.1, 0.15) is 11.5 Å². The van der Waals surface area contributed by atoms with Crippen LogP contribution >= 0.6 is 11.6 Å². The van der Waals surface area contributed by atoms with E-state index in [1.807, 2.05) is 12.1 Å². The fourth-order valence-electron chi connectivity index (χ4n) is 1.96. The van der Waals surface area contributed by atoms with Crippen molar-refractivity contribution in [2.75, 3.05) is 0 Å². The largest absolute Gasteiger partial charge is 0.502 e. The summed E-state index contributed by atoms with van der Waals surface area (Å²) < 4.78 is 5.51. The smallest absolute Gasteiger partial charge is 0.311 e. The van der Waals surface area contributed by atoms with E-state index in [1.165, 1.54) is 24.3 Å². The normalized spacial score (nSPS) is 11.8. The van der Waals surface area contributed by atoms with Crippen LogP contribution in [0.25, 0.3) is 22.2 Å². The number of hydrogen-bond donors (Lipinski definition) is 1. The number of phenolic OH excluding ortho intramolecular Hbond substituents is 1. The number of hydrogen-bond acceptors (Lipinski definition) is 5. The molecule has 0 atom stereocenters. The van der Waals surface area contributed by atoms with E-state index in [9.17, 15) is 15.2 Å². The minimum atomic E-state index is -0.667. The van der Waals surface area contributed by atoms with E-state index in [-0.39, 0.29) is 10.9 Å². The molecular formula is C15H9ClN2O4. The second-order valence-electron chi connectivity index (χ2n) is 4.48. The predicted octanol–water partition coefficient (Wildman–Crippen LogP) is 4.18. The van der Waals surface area contributed by atoms with Crippen molar-refractivity contribution in [3.63, 3.8) is 0 Å². The number of fused-ring (bicyclic) bond motifs is 1. The molecule has 22 heavy (non-hydrogen) atoms. The van der Waals surface area contributed by atoms with Crippen LogP contribution < -0.4 is 0 Å². The van der Waals surface area contributed by atoms with Crippen molar-refractivity contribution in [2.24, 2.45) is 0 Å². The van der Waals surface area contributed by atoms with Crippen molar-refractivity contribution in [3.05, 3.63) is 64.0 Å². The molecule has 0 fully saturated rings. The molecule has 0 aliphatic carbocycles. The number of rotatable bonds is 3. The van der Waals surface area contributed by atoms with Gasteiger partial charge in [0.1, 0.15) is 10.5 Å². The Hall–Kier alpha value is -2.86. The standard InChI is InChI=1S/C15H9ClN2O4/c16-10(15-17-11-3-1-2-4-14(11)22-15)7-9-5-6-13(19)12(8-9)18(20)21/h1-8,19H/b10-7-. The Kier molecular flexibility index (Phi) is 3.52. The van der Waals surface area contributed by atoms with Gasteiger partial charge in [0.15, 0.2) is 11.3 Å². The van der Waals surface area contributed by atoms with Gasteiger partial charge >= 0.3 is 5.69 Å². The summed E-state index contributed by atoms with van der Waals surface area (Å²) in [4.78, 5) is 14.4. The van der Waals surface area contributed by atoms with Crippen molar-refractivity contribution >= 4 is 39.5 Å². The maximum absolute atomic E-state index is 10.8. The highest BCUT2D eigenvalue weighted by molar-refractivity contribution is 6.50. The first-order valence-corrected chi connectivity index (χ1v) is 6.63. The van der Waals surface area contributed by atoms with Crippen LogP contribution in [0.2, 0.25) is 0 Å². The van der Waals surface area contributed by atoms with Gasteiger partial charge in [-0.05, 0) is 29.8 Å². The summed E-state index contributed by atoms with van der Waals surface area (Å²) in [5.74, 6) is -0.182. The number of nitro benzene ring substituents is 1. The number of halogens is 1. The van der Waals surface area contributed by atoms with Crippen LogP contribution in [-0.2, 0) is 0 Å². The third-order valence-electron chi connectivity index (χ3n) is 2.99. The number of nitrogens with zero attached hydrogens (tertiary/aromatic N) is 2. The average molecular weight is 317 g/mol. The highest BCUT2D eigenvalue weighted by atomic mass is 35.5. The van der Waals surface area contributed by atoms with E-state index in [1.54, 1.807) is 12.1 Å². The topological polar surface area (TPSA) is 89.4 Å². The van der Waals surface area contributed by atoms with Crippen LogP contribution in [0.4, 0.5) is 5.69 Å². The molecule has 1 N–H and O–H groups in total. The van der Waals surface area contributed by atoms with Crippen LogP contribution in [0.5, 0.6) is 5.75 Å². The fourth-order valence-corrected chi connectivity index (χ4v) is 2.17. The Labute approximate surface area is 129 Å². The minimum absolute atomic E-state index is 0.205. The molecule has 2 aromatic carbocycles. The van der Waals surface area contributed by atoms with Gasteiger partial charge in [-0.1, -0.05) is 29.8 Å². The summed E-state index contributed by atoms with van der Waals surface area (Å²) >= 11 is 6.16. The van der Waals surface area contributed by atoms with Crippen LogP contribution in [0.15, 0.2) is 46.9 Å². The van der Waals surface area contributed by atoms with E-state index in [4.69, 9.17) is 16.0 Å². The van der Waals surface area contributed by atoms with E-state index >= 15 is 0 Å². The van der Waals surface area contributed by atoms with E-state index in [0.29, 0.717) is 16.7 Å². The summed E-state index contributed by atoms with van der Waals surface area (Å²) in [5, 5.41) is 20.4. The van der Waals surface area contributed by atoms with Gasteiger partial charge in [0, 0.05) is 6.07 Å². The Morgan fingerprint density at radius 2 is 2.09 bits per heavy atom. The molecule has 0 radical (unpaired) electrons. The van der Waals surface area contributed by atoms with Crippen molar-refractivity contribution in [1.29, 1.82) is 0 Å². The summed E-state index contributed by atoms with van der Waals surface area (Å²) in [6, 6.07) is 11.2. The van der Waals surface area contributed by atoms with Crippen LogP contribution in [0.3, 0.4) is 0 Å². The number of para-hydroxylation sites is 2. The fraction of sp³-hybridized carbons (Fsp3) is 0. The molecule has 0 saturated heterocycles. The third-order valence-corrected chi connectivity index (χ3v) is 3.26. The summed E-state index contributed by atoms with van der Waals surface area (Å²) in [6.07, 6.45) is 1.48. The van der Waals surface area contributed by atoms with E-state index in [0.717, 1.165) is 0 Å².